The number of nitrogens with zero attached hydrogens (tertiary/aromatic N) is 4. The van der Waals surface area contributed by atoms with Crippen LogP contribution in [0.5, 0.6) is 5.75 Å². The van der Waals surface area contributed by atoms with E-state index in [1.54, 1.807) is 12.3 Å². The molecule has 1 amide bonds. The summed E-state index contributed by atoms with van der Waals surface area (Å²) in [5.41, 5.74) is 4.77. The molecule has 0 atom stereocenters. The fourth-order valence-electron chi connectivity index (χ4n) is 4.32. The van der Waals surface area contributed by atoms with E-state index in [4.69, 9.17) is 4.74 Å². The van der Waals surface area contributed by atoms with Crippen molar-refractivity contribution in [1.29, 1.82) is 0 Å². The molecule has 5 rings (SSSR count). The van der Waals surface area contributed by atoms with E-state index in [1.807, 2.05) is 40.1 Å². The van der Waals surface area contributed by atoms with Gasteiger partial charge in [0.05, 0.1) is 19.3 Å². The number of fused-ring (bicyclic) bond motifs is 1. The maximum absolute atomic E-state index is 12.6. The van der Waals surface area contributed by atoms with E-state index < -0.39 is 0 Å². The predicted molar refractivity (Wildman–Crippen MR) is 124 cm³/mol. The van der Waals surface area contributed by atoms with Crippen molar-refractivity contribution in [3.05, 3.63) is 89.3 Å². The van der Waals surface area contributed by atoms with Crippen molar-refractivity contribution in [2.24, 2.45) is 0 Å². The van der Waals surface area contributed by atoms with Gasteiger partial charge in [-0.1, -0.05) is 42.5 Å². The fourth-order valence-corrected chi connectivity index (χ4v) is 4.32. The van der Waals surface area contributed by atoms with Crippen molar-refractivity contribution in [2.75, 3.05) is 32.8 Å². The van der Waals surface area contributed by atoms with Gasteiger partial charge in [-0.2, -0.15) is 5.10 Å². The molecule has 1 saturated heterocycles. The molecule has 6 nitrogen and oxygen atoms in total. The van der Waals surface area contributed by atoms with E-state index in [0.29, 0.717) is 0 Å². The number of carbonyl (C=O) groups is 1. The number of ether oxygens (including phenoxy) is 1. The SMILES string of the molecule is O=C(/C=C/c1cnn(Cc2ccccc2)c1)N1CCN(Cc2ccc3c(c2)CCO3)CC1. The van der Waals surface area contributed by atoms with Gasteiger partial charge in [-0.15, -0.1) is 0 Å². The predicted octanol–water partition coefficient (Wildman–Crippen LogP) is 3.22. The summed E-state index contributed by atoms with van der Waals surface area (Å²) in [5.74, 6) is 1.09. The maximum atomic E-state index is 12.6. The van der Waals surface area contributed by atoms with Crippen LogP contribution >= 0.6 is 0 Å². The quantitative estimate of drug-likeness (QED) is 0.566. The van der Waals surface area contributed by atoms with E-state index in [0.717, 1.165) is 63.6 Å². The van der Waals surface area contributed by atoms with Crippen LogP contribution < -0.4 is 4.74 Å². The second-order valence-electron chi connectivity index (χ2n) is 8.43. The van der Waals surface area contributed by atoms with Crippen LogP contribution in [0.25, 0.3) is 6.08 Å². The van der Waals surface area contributed by atoms with Gasteiger partial charge in [0, 0.05) is 57.0 Å². The van der Waals surface area contributed by atoms with Crippen LogP contribution in [0.3, 0.4) is 0 Å². The van der Waals surface area contributed by atoms with Crippen LogP contribution in [0.1, 0.15) is 22.3 Å². The lowest BCUT2D eigenvalue weighted by atomic mass is 10.1. The number of carbonyl (C=O) groups excluding carboxylic acids is 1. The van der Waals surface area contributed by atoms with E-state index in [2.05, 4.69) is 40.3 Å². The van der Waals surface area contributed by atoms with Crippen LogP contribution in [-0.4, -0.2) is 58.3 Å². The first kappa shape index (κ1) is 20.5. The van der Waals surface area contributed by atoms with Gasteiger partial charge >= 0.3 is 0 Å². The third kappa shape index (κ3) is 4.92. The molecule has 2 aromatic carbocycles. The summed E-state index contributed by atoms with van der Waals surface area (Å²) in [6.07, 6.45) is 8.29. The molecule has 0 spiro atoms. The highest BCUT2D eigenvalue weighted by Crippen LogP contribution is 2.26. The van der Waals surface area contributed by atoms with E-state index >= 15 is 0 Å². The van der Waals surface area contributed by atoms with Crippen LogP contribution in [0.4, 0.5) is 0 Å². The second kappa shape index (κ2) is 9.40. The molecule has 0 bridgehead atoms. The normalized spacial score (nSPS) is 16.3. The van der Waals surface area contributed by atoms with Crippen molar-refractivity contribution >= 4 is 12.0 Å². The molecule has 1 fully saturated rings. The Bertz CT molecular complexity index is 1100. The Morgan fingerprint density at radius 3 is 2.69 bits per heavy atom. The van der Waals surface area contributed by atoms with Crippen LogP contribution in [0.15, 0.2) is 67.0 Å². The molecule has 3 aromatic rings. The van der Waals surface area contributed by atoms with Crippen molar-refractivity contribution in [1.82, 2.24) is 19.6 Å². The monoisotopic (exact) mass is 428 g/mol. The van der Waals surface area contributed by atoms with Gasteiger partial charge in [0.1, 0.15) is 5.75 Å². The third-order valence-corrected chi connectivity index (χ3v) is 6.10. The first-order valence-electron chi connectivity index (χ1n) is 11.2. The maximum Gasteiger partial charge on any atom is 0.246 e. The minimum absolute atomic E-state index is 0.0649. The van der Waals surface area contributed by atoms with Gasteiger partial charge in [0.2, 0.25) is 5.91 Å². The Kier molecular flexibility index (Phi) is 6.03. The molecule has 2 aliphatic rings. The number of amides is 1. The summed E-state index contributed by atoms with van der Waals surface area (Å²) in [5, 5.41) is 4.40. The molecule has 1 aromatic heterocycles. The van der Waals surface area contributed by atoms with Crippen LogP contribution in [0.2, 0.25) is 0 Å². The largest absolute Gasteiger partial charge is 0.493 e. The average Bonchev–Trinajstić information content (AvgIpc) is 3.48. The fraction of sp³-hybridized carbons (Fsp3) is 0.308. The summed E-state index contributed by atoms with van der Waals surface area (Å²) in [6, 6.07) is 16.7. The molecule has 0 N–H and O–H groups in total. The zero-order valence-corrected chi connectivity index (χ0v) is 18.2. The van der Waals surface area contributed by atoms with E-state index in [-0.39, 0.29) is 5.91 Å². The molecule has 0 saturated carbocycles. The first-order chi connectivity index (χ1) is 15.7. The standard InChI is InChI=1S/C26H28N4O2/c31-26(9-7-23-17-27-30(20-23)19-21-4-2-1-3-5-21)29-13-11-28(12-14-29)18-22-6-8-25-24(16-22)10-15-32-25/h1-9,16-17,20H,10-15,18-19H2/b9-7+. The number of aromatic nitrogens is 2. The number of hydrogen-bond acceptors (Lipinski definition) is 4. The van der Waals surface area contributed by atoms with E-state index in [9.17, 15) is 4.79 Å². The summed E-state index contributed by atoms with van der Waals surface area (Å²) in [4.78, 5) is 17.0. The summed E-state index contributed by atoms with van der Waals surface area (Å²) in [7, 11) is 0. The van der Waals surface area contributed by atoms with E-state index in [1.165, 1.54) is 16.7 Å². The van der Waals surface area contributed by atoms with Gasteiger partial charge in [-0.3, -0.25) is 14.4 Å². The van der Waals surface area contributed by atoms with Crippen molar-refractivity contribution < 1.29 is 9.53 Å². The smallest absolute Gasteiger partial charge is 0.246 e. The molecule has 6 heteroatoms. The average molecular weight is 429 g/mol. The van der Waals surface area contributed by atoms with Crippen molar-refractivity contribution in [3.63, 3.8) is 0 Å². The molecular weight excluding hydrogens is 400 g/mol. The Morgan fingerprint density at radius 1 is 1.00 bits per heavy atom. The van der Waals surface area contributed by atoms with Gasteiger partial charge in [0.15, 0.2) is 0 Å². The Morgan fingerprint density at radius 2 is 1.84 bits per heavy atom. The van der Waals surface area contributed by atoms with Crippen molar-refractivity contribution in [3.8, 4) is 5.75 Å². The third-order valence-electron chi connectivity index (χ3n) is 6.10. The first-order valence-corrected chi connectivity index (χ1v) is 11.2. The lowest BCUT2D eigenvalue weighted by molar-refractivity contribution is -0.127. The molecule has 32 heavy (non-hydrogen) atoms. The van der Waals surface area contributed by atoms with Gasteiger partial charge in [0.25, 0.3) is 0 Å². The lowest BCUT2D eigenvalue weighted by Gasteiger charge is -2.34. The zero-order chi connectivity index (χ0) is 21.8. The number of benzene rings is 2. The van der Waals surface area contributed by atoms with Crippen molar-refractivity contribution in [2.45, 2.75) is 19.5 Å². The molecule has 0 aliphatic carbocycles. The Labute approximate surface area is 188 Å². The molecular formula is C26H28N4O2. The lowest BCUT2D eigenvalue weighted by Crippen LogP contribution is -2.47. The second-order valence-corrected chi connectivity index (χ2v) is 8.43. The van der Waals surface area contributed by atoms with Gasteiger partial charge < -0.3 is 9.64 Å². The molecule has 164 valence electrons. The minimum atomic E-state index is 0.0649. The molecule has 0 radical (unpaired) electrons. The minimum Gasteiger partial charge on any atom is -0.493 e. The Balaban J connectivity index is 1.10. The number of rotatable bonds is 6. The summed E-state index contributed by atoms with van der Waals surface area (Å²) < 4.78 is 7.49. The zero-order valence-electron chi connectivity index (χ0n) is 18.2. The summed E-state index contributed by atoms with van der Waals surface area (Å²) in [6.45, 7) is 5.73. The highest BCUT2D eigenvalue weighted by molar-refractivity contribution is 5.91. The number of hydrogen-bond donors (Lipinski definition) is 0. The van der Waals surface area contributed by atoms with Gasteiger partial charge in [-0.25, -0.2) is 0 Å². The Hall–Kier alpha value is -3.38. The topological polar surface area (TPSA) is 50.6 Å². The molecule has 2 aliphatic heterocycles. The van der Waals surface area contributed by atoms with Gasteiger partial charge in [-0.05, 0) is 28.8 Å². The summed E-state index contributed by atoms with van der Waals surface area (Å²) >= 11 is 0. The molecule has 0 unspecified atom stereocenters. The van der Waals surface area contributed by atoms with Crippen LogP contribution in [0, 0.1) is 0 Å². The highest BCUT2D eigenvalue weighted by atomic mass is 16.5. The molecule has 3 heterocycles. The number of piperazine rings is 1. The van der Waals surface area contributed by atoms with Crippen LogP contribution in [-0.2, 0) is 24.3 Å². The highest BCUT2D eigenvalue weighted by Gasteiger charge is 2.20.